The number of carboxylic acid groups (broad SMARTS) is 1. The van der Waals surface area contributed by atoms with Gasteiger partial charge in [0.15, 0.2) is 0 Å². The van der Waals surface area contributed by atoms with Crippen LogP contribution in [-0.4, -0.2) is 36.1 Å². The van der Waals surface area contributed by atoms with Gasteiger partial charge in [-0.1, -0.05) is 43.5 Å². The second kappa shape index (κ2) is 6.41. The average molecular weight is 301 g/mol. The normalized spacial score (nSPS) is 23.3. The minimum Gasteiger partial charge on any atom is -0.481 e. The van der Waals surface area contributed by atoms with E-state index in [1.165, 1.54) is 12.0 Å². The molecule has 2 fully saturated rings. The molecule has 0 amide bonds. The molecule has 0 atom stereocenters. The van der Waals surface area contributed by atoms with Gasteiger partial charge in [-0.3, -0.25) is 4.79 Å². The van der Waals surface area contributed by atoms with E-state index in [1.54, 1.807) is 0 Å². The zero-order valence-electron chi connectivity index (χ0n) is 13.6. The summed E-state index contributed by atoms with van der Waals surface area (Å²) in [5, 5.41) is 10.00. The largest absolute Gasteiger partial charge is 0.481 e. The summed E-state index contributed by atoms with van der Waals surface area (Å²) in [7, 11) is 2.17. The Kier molecular flexibility index (Phi) is 4.53. The van der Waals surface area contributed by atoms with E-state index in [1.807, 2.05) is 6.07 Å². The first-order valence-corrected chi connectivity index (χ1v) is 8.65. The van der Waals surface area contributed by atoms with E-state index in [0.29, 0.717) is 5.92 Å². The molecule has 120 valence electrons. The van der Waals surface area contributed by atoms with E-state index in [4.69, 9.17) is 0 Å². The monoisotopic (exact) mass is 301 g/mol. The van der Waals surface area contributed by atoms with E-state index < -0.39 is 11.4 Å². The highest BCUT2D eigenvalue weighted by molar-refractivity contribution is 5.82. The minimum absolute atomic E-state index is 0.519. The summed E-state index contributed by atoms with van der Waals surface area (Å²) in [5.41, 5.74) is 1.77. The van der Waals surface area contributed by atoms with Gasteiger partial charge >= 0.3 is 5.97 Å². The van der Waals surface area contributed by atoms with Gasteiger partial charge < -0.3 is 10.0 Å². The van der Waals surface area contributed by atoms with Gasteiger partial charge in [0.25, 0.3) is 0 Å². The van der Waals surface area contributed by atoms with Crippen LogP contribution in [0.1, 0.15) is 62.0 Å². The van der Waals surface area contributed by atoms with Crippen molar-refractivity contribution in [3.05, 3.63) is 35.4 Å². The van der Waals surface area contributed by atoms with Gasteiger partial charge in [-0.2, -0.15) is 0 Å². The fourth-order valence-corrected chi connectivity index (χ4v) is 4.36. The Labute approximate surface area is 133 Å². The minimum atomic E-state index is -0.641. The van der Waals surface area contributed by atoms with Crippen molar-refractivity contribution in [3.63, 3.8) is 0 Å². The molecule has 1 aliphatic carbocycles. The fourth-order valence-electron chi connectivity index (χ4n) is 4.36. The highest BCUT2D eigenvalue weighted by Crippen LogP contribution is 2.44. The van der Waals surface area contributed by atoms with Crippen LogP contribution in [0, 0.1) is 0 Å². The van der Waals surface area contributed by atoms with Crippen molar-refractivity contribution in [2.45, 2.75) is 56.3 Å². The quantitative estimate of drug-likeness (QED) is 0.923. The third-order valence-electron chi connectivity index (χ3n) is 5.75. The van der Waals surface area contributed by atoms with Crippen molar-refractivity contribution in [1.29, 1.82) is 0 Å². The summed E-state index contributed by atoms with van der Waals surface area (Å²) in [6, 6.07) is 8.38. The molecule has 0 radical (unpaired) electrons. The molecule has 0 aromatic heterocycles. The Morgan fingerprint density at radius 1 is 1.14 bits per heavy atom. The fraction of sp³-hybridized carbons (Fsp3) is 0.632. The van der Waals surface area contributed by atoms with Crippen LogP contribution in [0.2, 0.25) is 0 Å². The lowest BCUT2D eigenvalue weighted by Gasteiger charge is -2.38. The molecule has 3 heteroatoms. The summed E-state index contributed by atoms with van der Waals surface area (Å²) in [6.07, 6.45) is 7.12. The molecule has 3 nitrogen and oxygen atoms in total. The number of nitrogens with zero attached hydrogens (tertiary/aromatic N) is 1. The van der Waals surface area contributed by atoms with E-state index in [9.17, 15) is 9.90 Å². The van der Waals surface area contributed by atoms with E-state index in [-0.39, 0.29) is 0 Å². The molecule has 2 aliphatic rings. The molecule has 1 N–H and O–H groups in total. The van der Waals surface area contributed by atoms with Crippen LogP contribution >= 0.6 is 0 Å². The van der Waals surface area contributed by atoms with Crippen molar-refractivity contribution in [2.24, 2.45) is 0 Å². The highest BCUT2D eigenvalue weighted by atomic mass is 16.4. The van der Waals surface area contributed by atoms with E-state index in [0.717, 1.165) is 57.2 Å². The van der Waals surface area contributed by atoms with Crippen LogP contribution in [0.5, 0.6) is 0 Å². The predicted molar refractivity (Wildman–Crippen MR) is 88.3 cm³/mol. The molecule has 1 aliphatic heterocycles. The SMILES string of the molecule is CN1CCC(c2ccccc2C2(C(=O)O)CCCCC2)CC1. The van der Waals surface area contributed by atoms with Gasteiger partial charge in [0.1, 0.15) is 0 Å². The second-order valence-corrected chi connectivity index (χ2v) is 7.11. The van der Waals surface area contributed by atoms with Crippen LogP contribution in [0.15, 0.2) is 24.3 Å². The third kappa shape index (κ3) is 2.79. The topological polar surface area (TPSA) is 40.5 Å². The van der Waals surface area contributed by atoms with Crippen LogP contribution in [0.25, 0.3) is 0 Å². The zero-order valence-corrected chi connectivity index (χ0v) is 13.6. The zero-order chi connectivity index (χ0) is 15.6. The Morgan fingerprint density at radius 3 is 2.41 bits per heavy atom. The molecule has 1 aromatic carbocycles. The van der Waals surface area contributed by atoms with Crippen LogP contribution < -0.4 is 0 Å². The first-order chi connectivity index (χ1) is 10.6. The summed E-state index contributed by atoms with van der Waals surface area (Å²) < 4.78 is 0. The van der Waals surface area contributed by atoms with E-state index in [2.05, 4.69) is 30.1 Å². The molecule has 22 heavy (non-hydrogen) atoms. The van der Waals surface area contributed by atoms with Crippen LogP contribution in [0.4, 0.5) is 0 Å². The average Bonchev–Trinajstić information content (AvgIpc) is 2.56. The Balaban J connectivity index is 1.97. The Morgan fingerprint density at radius 2 is 1.77 bits per heavy atom. The maximum atomic E-state index is 12.2. The first kappa shape index (κ1) is 15.5. The van der Waals surface area contributed by atoms with Gasteiger partial charge in [-0.15, -0.1) is 0 Å². The Bertz CT molecular complexity index is 526. The predicted octanol–water partition coefficient (Wildman–Crippen LogP) is 3.78. The summed E-state index contributed by atoms with van der Waals surface area (Å²) in [5.74, 6) is -0.0990. The number of rotatable bonds is 3. The molecule has 0 bridgehead atoms. The number of piperidine rings is 1. The van der Waals surface area contributed by atoms with Gasteiger partial charge in [-0.05, 0) is 62.9 Å². The van der Waals surface area contributed by atoms with Crippen molar-refractivity contribution in [1.82, 2.24) is 4.90 Å². The number of aliphatic carboxylic acids is 1. The smallest absolute Gasteiger partial charge is 0.314 e. The lowest BCUT2D eigenvalue weighted by Crippen LogP contribution is -2.39. The van der Waals surface area contributed by atoms with E-state index >= 15 is 0 Å². The maximum Gasteiger partial charge on any atom is 0.314 e. The number of carbonyl (C=O) groups is 1. The first-order valence-electron chi connectivity index (χ1n) is 8.65. The molecule has 0 spiro atoms. The molecule has 1 heterocycles. The number of likely N-dealkylation sites (tertiary alicyclic amines) is 1. The molecule has 1 saturated heterocycles. The second-order valence-electron chi connectivity index (χ2n) is 7.11. The van der Waals surface area contributed by atoms with Crippen molar-refractivity contribution in [3.8, 4) is 0 Å². The van der Waals surface area contributed by atoms with Crippen molar-refractivity contribution in [2.75, 3.05) is 20.1 Å². The van der Waals surface area contributed by atoms with Crippen molar-refractivity contribution < 1.29 is 9.90 Å². The lowest BCUT2D eigenvalue weighted by atomic mass is 9.66. The number of carboxylic acids is 1. The van der Waals surface area contributed by atoms with Crippen molar-refractivity contribution >= 4 is 5.97 Å². The molecule has 1 aromatic rings. The molecule has 1 saturated carbocycles. The van der Waals surface area contributed by atoms with Gasteiger partial charge in [0.05, 0.1) is 5.41 Å². The number of hydrogen-bond acceptors (Lipinski definition) is 2. The third-order valence-corrected chi connectivity index (χ3v) is 5.75. The molecular weight excluding hydrogens is 274 g/mol. The Hall–Kier alpha value is -1.35. The highest BCUT2D eigenvalue weighted by Gasteiger charge is 2.43. The molecule has 0 unspecified atom stereocenters. The summed E-state index contributed by atoms with van der Waals surface area (Å²) in [4.78, 5) is 14.5. The standard InChI is InChI=1S/C19H27NO2/c1-20-13-9-15(10-14-20)16-7-3-4-8-17(16)19(18(21)22)11-5-2-6-12-19/h3-4,7-8,15H,2,5-6,9-14H2,1H3,(H,21,22). The van der Waals surface area contributed by atoms with Crippen LogP contribution in [0.3, 0.4) is 0 Å². The molecular formula is C19H27NO2. The van der Waals surface area contributed by atoms with Gasteiger partial charge in [0, 0.05) is 0 Å². The molecule has 3 rings (SSSR count). The van der Waals surface area contributed by atoms with Crippen LogP contribution in [-0.2, 0) is 10.2 Å². The summed E-state index contributed by atoms with van der Waals surface area (Å²) >= 11 is 0. The summed E-state index contributed by atoms with van der Waals surface area (Å²) in [6.45, 7) is 2.22. The van der Waals surface area contributed by atoms with Gasteiger partial charge in [-0.25, -0.2) is 0 Å². The number of hydrogen-bond donors (Lipinski definition) is 1. The maximum absolute atomic E-state index is 12.2. The lowest BCUT2D eigenvalue weighted by molar-refractivity contribution is -0.145. The number of benzene rings is 1. The van der Waals surface area contributed by atoms with Gasteiger partial charge in [0.2, 0.25) is 0 Å².